The molecule has 0 radical (unpaired) electrons. The molecule has 0 saturated carbocycles. The lowest BCUT2D eigenvalue weighted by Gasteiger charge is -2.18. The predicted octanol–water partition coefficient (Wildman–Crippen LogP) is 1.75. The van der Waals surface area contributed by atoms with Crippen molar-refractivity contribution in [2.75, 3.05) is 13.2 Å². The van der Waals surface area contributed by atoms with Gasteiger partial charge in [0.2, 0.25) is 0 Å². The van der Waals surface area contributed by atoms with Crippen LogP contribution >= 0.6 is 0 Å². The van der Waals surface area contributed by atoms with Crippen LogP contribution in [0.3, 0.4) is 0 Å². The lowest BCUT2D eigenvalue weighted by atomic mass is 10.2. The number of rotatable bonds is 2. The monoisotopic (exact) mass is 313 g/mol. The highest BCUT2D eigenvalue weighted by Crippen LogP contribution is 2.32. The minimum atomic E-state index is -0.325. The van der Waals surface area contributed by atoms with Crippen LogP contribution in [0, 0.1) is 5.82 Å². The summed E-state index contributed by atoms with van der Waals surface area (Å²) >= 11 is 0. The summed E-state index contributed by atoms with van der Waals surface area (Å²) in [6, 6.07) is 9.18. The van der Waals surface area contributed by atoms with Gasteiger partial charge in [0.05, 0.1) is 11.9 Å². The molecule has 0 saturated heterocycles. The quantitative estimate of drug-likeness (QED) is 0.721. The van der Waals surface area contributed by atoms with Crippen molar-refractivity contribution in [1.82, 2.24) is 15.0 Å². The molecule has 0 atom stereocenters. The van der Waals surface area contributed by atoms with E-state index >= 15 is 0 Å². The molecule has 1 aromatic heterocycles. The van der Waals surface area contributed by atoms with Gasteiger partial charge in [-0.2, -0.15) is 0 Å². The lowest BCUT2D eigenvalue weighted by Crippen LogP contribution is -2.25. The molecular weight excluding hydrogens is 301 g/mol. The number of ether oxygens (including phenoxy) is 2. The Morgan fingerprint density at radius 3 is 2.52 bits per heavy atom. The summed E-state index contributed by atoms with van der Waals surface area (Å²) in [5, 5.41) is 8.41. The van der Waals surface area contributed by atoms with Crippen LogP contribution in [-0.4, -0.2) is 28.2 Å². The Bertz CT molecular complexity index is 938. The first kappa shape index (κ1) is 13.7. The molecule has 0 amide bonds. The fraction of sp³-hybridized carbons (Fsp3) is 0.188. The predicted molar refractivity (Wildman–Crippen MR) is 80.3 cm³/mol. The van der Waals surface area contributed by atoms with E-state index in [1.165, 1.54) is 16.8 Å². The first-order chi connectivity index (χ1) is 11.2. The summed E-state index contributed by atoms with van der Waals surface area (Å²) in [6.45, 7) is 1.13. The number of nitrogens with zero attached hydrogens (tertiary/aromatic N) is 3. The zero-order valence-corrected chi connectivity index (χ0v) is 12.0. The molecule has 1 aliphatic rings. The van der Waals surface area contributed by atoms with Crippen molar-refractivity contribution in [3.63, 3.8) is 0 Å². The van der Waals surface area contributed by atoms with Crippen molar-refractivity contribution in [3.05, 3.63) is 58.1 Å². The van der Waals surface area contributed by atoms with Gasteiger partial charge in [0, 0.05) is 6.07 Å². The minimum Gasteiger partial charge on any atom is -0.486 e. The summed E-state index contributed by atoms with van der Waals surface area (Å²) < 4.78 is 25.2. The van der Waals surface area contributed by atoms with Gasteiger partial charge in [0.1, 0.15) is 24.5 Å². The molecule has 6 nitrogen and oxygen atoms in total. The van der Waals surface area contributed by atoms with Crippen LogP contribution in [0.15, 0.2) is 41.2 Å². The Kier molecular flexibility index (Phi) is 3.18. The van der Waals surface area contributed by atoms with Gasteiger partial charge in [0.25, 0.3) is 5.56 Å². The molecule has 0 fully saturated rings. The number of hydrogen-bond acceptors (Lipinski definition) is 5. The van der Waals surface area contributed by atoms with E-state index in [1.54, 1.807) is 24.3 Å². The standard InChI is InChI=1S/C16H12FN3O3/c17-11-3-1-10(2-4-11)9-20-16(21)12-7-14-15(23-6-5-22-14)8-13(12)18-19-20/h1-4,7-8H,5-6,9H2. The van der Waals surface area contributed by atoms with E-state index in [2.05, 4.69) is 10.3 Å². The molecule has 2 aromatic carbocycles. The Hall–Kier alpha value is -2.96. The third-order valence-electron chi connectivity index (χ3n) is 3.63. The zero-order chi connectivity index (χ0) is 15.8. The Morgan fingerprint density at radius 1 is 1.09 bits per heavy atom. The highest BCUT2D eigenvalue weighted by molar-refractivity contribution is 5.81. The van der Waals surface area contributed by atoms with Crippen molar-refractivity contribution in [2.24, 2.45) is 0 Å². The van der Waals surface area contributed by atoms with E-state index in [0.717, 1.165) is 5.56 Å². The summed E-state index contributed by atoms with van der Waals surface area (Å²) in [5.41, 5.74) is 0.936. The second-order valence-corrected chi connectivity index (χ2v) is 5.19. The van der Waals surface area contributed by atoms with Crippen LogP contribution in [0.25, 0.3) is 10.9 Å². The molecule has 0 bridgehead atoms. The van der Waals surface area contributed by atoms with Crippen molar-refractivity contribution < 1.29 is 13.9 Å². The van der Waals surface area contributed by atoms with Crippen molar-refractivity contribution in [1.29, 1.82) is 0 Å². The van der Waals surface area contributed by atoms with E-state index < -0.39 is 0 Å². The second-order valence-electron chi connectivity index (χ2n) is 5.19. The van der Waals surface area contributed by atoms with Gasteiger partial charge >= 0.3 is 0 Å². The van der Waals surface area contributed by atoms with Crippen LogP contribution in [-0.2, 0) is 6.54 Å². The molecule has 23 heavy (non-hydrogen) atoms. The largest absolute Gasteiger partial charge is 0.486 e. The Balaban J connectivity index is 1.78. The van der Waals surface area contributed by atoms with Crippen LogP contribution in [0.2, 0.25) is 0 Å². The average Bonchev–Trinajstić information content (AvgIpc) is 2.58. The van der Waals surface area contributed by atoms with E-state index in [1.807, 2.05) is 0 Å². The molecule has 4 rings (SSSR count). The first-order valence-corrected chi connectivity index (χ1v) is 7.12. The maximum absolute atomic E-state index is 13.0. The highest BCUT2D eigenvalue weighted by atomic mass is 19.1. The number of benzene rings is 2. The number of fused-ring (bicyclic) bond motifs is 2. The first-order valence-electron chi connectivity index (χ1n) is 7.12. The molecule has 0 unspecified atom stereocenters. The third kappa shape index (κ3) is 2.50. The highest BCUT2D eigenvalue weighted by Gasteiger charge is 2.16. The maximum Gasteiger partial charge on any atom is 0.278 e. The lowest BCUT2D eigenvalue weighted by molar-refractivity contribution is 0.172. The van der Waals surface area contributed by atoms with Crippen molar-refractivity contribution in [3.8, 4) is 11.5 Å². The van der Waals surface area contributed by atoms with Gasteiger partial charge in [-0.25, -0.2) is 9.07 Å². The number of aromatic nitrogens is 3. The van der Waals surface area contributed by atoms with Gasteiger partial charge < -0.3 is 9.47 Å². The van der Waals surface area contributed by atoms with Gasteiger partial charge in [0.15, 0.2) is 11.5 Å². The molecule has 2 heterocycles. The zero-order valence-electron chi connectivity index (χ0n) is 12.0. The van der Waals surface area contributed by atoms with Gasteiger partial charge in [-0.3, -0.25) is 4.79 Å². The molecule has 1 aliphatic heterocycles. The van der Waals surface area contributed by atoms with Crippen LogP contribution in [0.4, 0.5) is 4.39 Å². The van der Waals surface area contributed by atoms with Gasteiger partial charge in [-0.1, -0.05) is 17.3 Å². The number of halogens is 1. The molecule has 0 spiro atoms. The maximum atomic E-state index is 13.0. The topological polar surface area (TPSA) is 66.2 Å². The Morgan fingerprint density at radius 2 is 1.78 bits per heavy atom. The van der Waals surface area contributed by atoms with E-state index in [-0.39, 0.29) is 17.9 Å². The summed E-state index contributed by atoms with van der Waals surface area (Å²) in [7, 11) is 0. The van der Waals surface area contributed by atoms with Crippen LogP contribution < -0.4 is 15.0 Å². The number of hydrogen-bond donors (Lipinski definition) is 0. The minimum absolute atomic E-state index is 0.219. The normalized spacial score (nSPS) is 13.3. The second kappa shape index (κ2) is 5.35. The van der Waals surface area contributed by atoms with Gasteiger partial charge in [-0.05, 0) is 23.8 Å². The Labute approximate surface area is 130 Å². The summed E-state index contributed by atoms with van der Waals surface area (Å²) in [5.74, 6) is 0.769. The average molecular weight is 313 g/mol. The molecule has 0 aliphatic carbocycles. The van der Waals surface area contributed by atoms with Crippen LogP contribution in [0.1, 0.15) is 5.56 Å². The van der Waals surface area contributed by atoms with Gasteiger partial charge in [-0.15, -0.1) is 5.10 Å². The molecule has 116 valence electrons. The molecule has 3 aromatic rings. The SMILES string of the molecule is O=c1c2cc3c(cc2nnn1Cc1ccc(F)cc1)OCCO3. The molecule has 0 N–H and O–H groups in total. The third-order valence-corrected chi connectivity index (χ3v) is 3.63. The van der Waals surface area contributed by atoms with E-state index in [0.29, 0.717) is 35.6 Å². The smallest absolute Gasteiger partial charge is 0.278 e. The fourth-order valence-electron chi connectivity index (χ4n) is 2.48. The molecular formula is C16H12FN3O3. The van der Waals surface area contributed by atoms with Crippen molar-refractivity contribution in [2.45, 2.75) is 6.54 Å². The summed E-state index contributed by atoms with van der Waals surface area (Å²) in [6.07, 6.45) is 0. The van der Waals surface area contributed by atoms with E-state index in [4.69, 9.17) is 9.47 Å². The van der Waals surface area contributed by atoms with E-state index in [9.17, 15) is 9.18 Å². The molecule has 7 heteroatoms. The van der Waals surface area contributed by atoms with Crippen LogP contribution in [0.5, 0.6) is 11.5 Å². The summed E-state index contributed by atoms with van der Waals surface area (Å²) in [4.78, 5) is 12.6. The fourth-order valence-corrected chi connectivity index (χ4v) is 2.48. The van der Waals surface area contributed by atoms with Crippen molar-refractivity contribution >= 4 is 10.9 Å².